The minimum absolute atomic E-state index is 0.0581. The van der Waals surface area contributed by atoms with Crippen molar-refractivity contribution in [3.05, 3.63) is 65.7 Å². The third-order valence-corrected chi connectivity index (χ3v) is 9.31. The predicted octanol–water partition coefficient (Wildman–Crippen LogP) is 1.40. The molecule has 3 aliphatic rings. The van der Waals surface area contributed by atoms with Gasteiger partial charge in [-0.3, -0.25) is 24.0 Å². The topological polar surface area (TPSA) is 156 Å². The number of carbonyl (C=O) groups is 5. The average molecular weight is 692 g/mol. The SMILES string of the molecule is COCCN1CC(=O)N[C@@H](Cc2ccccc2)C(=O)N[C@@H]2CN(C(=O)[C@@H]3CCCO3)C[C@H]2c2cccc(c2)OCC(=O)N[C@H](CC(C)C)C1=O. The minimum Gasteiger partial charge on any atom is -0.484 e. The van der Waals surface area contributed by atoms with Crippen LogP contribution >= 0.6 is 0 Å². The first-order chi connectivity index (χ1) is 24.1. The first-order valence-electron chi connectivity index (χ1n) is 17.4. The zero-order valence-electron chi connectivity index (χ0n) is 29.1. The smallest absolute Gasteiger partial charge is 0.258 e. The summed E-state index contributed by atoms with van der Waals surface area (Å²) >= 11 is 0. The molecule has 5 rings (SSSR count). The van der Waals surface area contributed by atoms with Gasteiger partial charge in [-0.2, -0.15) is 0 Å². The van der Waals surface area contributed by atoms with Gasteiger partial charge in [-0.1, -0.05) is 56.3 Å². The van der Waals surface area contributed by atoms with Crippen LogP contribution in [0.5, 0.6) is 5.75 Å². The van der Waals surface area contributed by atoms with E-state index in [1.807, 2.05) is 62.4 Å². The first-order valence-corrected chi connectivity index (χ1v) is 17.4. The van der Waals surface area contributed by atoms with Crippen LogP contribution in [0.15, 0.2) is 54.6 Å². The number of benzene rings is 2. The predicted molar refractivity (Wildman–Crippen MR) is 184 cm³/mol. The summed E-state index contributed by atoms with van der Waals surface area (Å²) in [5, 5.41) is 8.85. The van der Waals surface area contributed by atoms with E-state index in [1.165, 1.54) is 12.0 Å². The standard InChI is InChI=1S/C37H49N5O8/c1-24(2)17-30-36(46)41(14-16-48-3)22-33(43)38-29(18-25-9-5-4-6-10-25)35(45)40-31-21-42(37(47)32-13-8-15-49-32)20-28(31)26-11-7-12-27(19-26)50-23-34(44)39-30/h4-7,9-12,19,24,28-32H,8,13-18,20-23H2,1-3H3,(H,38,43)(H,39,44)(H,40,45)/t28-,29-,30+,31+,32-/m0/s1. The maximum Gasteiger partial charge on any atom is 0.258 e. The quantitative estimate of drug-likeness (QED) is 0.376. The van der Waals surface area contributed by atoms with E-state index in [4.69, 9.17) is 14.2 Å². The highest BCUT2D eigenvalue weighted by Crippen LogP contribution is 2.31. The summed E-state index contributed by atoms with van der Waals surface area (Å²) in [6, 6.07) is 14.2. The Kier molecular flexibility index (Phi) is 12.8. The molecule has 2 aromatic carbocycles. The largest absolute Gasteiger partial charge is 0.484 e. The molecule has 5 atom stereocenters. The Balaban J connectivity index is 1.49. The Hall–Kier alpha value is -4.49. The molecule has 2 aromatic rings. The lowest BCUT2D eigenvalue weighted by atomic mass is 9.93. The molecule has 0 spiro atoms. The van der Waals surface area contributed by atoms with Gasteiger partial charge in [-0.05, 0) is 48.4 Å². The van der Waals surface area contributed by atoms with Gasteiger partial charge in [0.2, 0.25) is 17.7 Å². The third kappa shape index (κ3) is 9.81. The molecule has 0 aliphatic carbocycles. The van der Waals surface area contributed by atoms with E-state index >= 15 is 0 Å². The molecule has 0 aromatic heterocycles. The molecule has 3 N–H and O–H groups in total. The summed E-state index contributed by atoms with van der Waals surface area (Å²) in [6.07, 6.45) is 1.50. The fraction of sp³-hybridized carbons (Fsp3) is 0.541. The zero-order valence-corrected chi connectivity index (χ0v) is 29.1. The molecule has 270 valence electrons. The Bertz CT molecular complexity index is 1500. The van der Waals surface area contributed by atoms with Crippen molar-refractivity contribution in [2.45, 2.75) is 69.7 Å². The lowest BCUT2D eigenvalue weighted by molar-refractivity contribution is -0.141. The van der Waals surface area contributed by atoms with Gasteiger partial charge in [0.1, 0.15) is 23.9 Å². The number of nitrogens with zero attached hydrogens (tertiary/aromatic N) is 2. The van der Waals surface area contributed by atoms with Crippen LogP contribution < -0.4 is 20.7 Å². The second-order valence-electron chi connectivity index (χ2n) is 13.6. The van der Waals surface area contributed by atoms with Crippen LogP contribution in [-0.4, -0.2) is 117 Å². The molecule has 5 amide bonds. The van der Waals surface area contributed by atoms with Crippen molar-refractivity contribution >= 4 is 29.5 Å². The molecule has 2 bridgehead atoms. The second-order valence-corrected chi connectivity index (χ2v) is 13.6. The molecule has 3 heterocycles. The number of amides is 5. The molecular formula is C37H49N5O8. The molecule has 2 fully saturated rings. The van der Waals surface area contributed by atoms with Crippen molar-refractivity contribution in [1.29, 1.82) is 0 Å². The molecule has 50 heavy (non-hydrogen) atoms. The number of likely N-dealkylation sites (tertiary alicyclic amines) is 1. The Labute approximate surface area is 293 Å². The second kappa shape index (κ2) is 17.4. The fourth-order valence-corrected chi connectivity index (χ4v) is 6.80. The molecule has 3 aliphatic heterocycles. The van der Waals surface area contributed by atoms with Crippen LogP contribution in [-0.2, 0) is 39.9 Å². The zero-order chi connectivity index (χ0) is 35.6. The van der Waals surface area contributed by atoms with Crippen LogP contribution in [0, 0.1) is 5.92 Å². The number of hydrogen-bond acceptors (Lipinski definition) is 8. The molecule has 13 nitrogen and oxygen atoms in total. The van der Waals surface area contributed by atoms with Crippen molar-refractivity contribution in [3.8, 4) is 5.75 Å². The van der Waals surface area contributed by atoms with E-state index in [9.17, 15) is 24.0 Å². The number of fused-ring (bicyclic) bond motifs is 4. The summed E-state index contributed by atoms with van der Waals surface area (Å²) in [4.78, 5) is 71.4. The fourth-order valence-electron chi connectivity index (χ4n) is 6.80. The summed E-state index contributed by atoms with van der Waals surface area (Å²) in [5.74, 6) is -1.76. The van der Waals surface area contributed by atoms with E-state index in [1.54, 1.807) is 11.0 Å². The number of hydrogen-bond donors (Lipinski definition) is 3. The first kappa shape index (κ1) is 36.8. The summed E-state index contributed by atoms with van der Waals surface area (Å²) in [6.45, 7) is 4.61. The van der Waals surface area contributed by atoms with E-state index < -0.39 is 47.9 Å². The maximum atomic E-state index is 14.2. The van der Waals surface area contributed by atoms with Crippen LogP contribution in [0.1, 0.15) is 50.2 Å². The molecule has 2 saturated heterocycles. The van der Waals surface area contributed by atoms with Crippen molar-refractivity contribution < 1.29 is 38.2 Å². The van der Waals surface area contributed by atoms with E-state index in [-0.39, 0.29) is 57.0 Å². The van der Waals surface area contributed by atoms with E-state index in [0.717, 1.165) is 17.5 Å². The number of carbonyl (C=O) groups excluding carboxylic acids is 5. The van der Waals surface area contributed by atoms with Crippen molar-refractivity contribution in [3.63, 3.8) is 0 Å². The number of methoxy groups -OCH3 is 1. The van der Waals surface area contributed by atoms with Gasteiger partial charge in [0.05, 0.1) is 19.2 Å². The van der Waals surface area contributed by atoms with Gasteiger partial charge in [-0.25, -0.2) is 0 Å². The summed E-state index contributed by atoms with van der Waals surface area (Å²) in [5.41, 5.74) is 1.66. The van der Waals surface area contributed by atoms with Crippen molar-refractivity contribution in [1.82, 2.24) is 25.8 Å². The molecule has 13 heteroatoms. The average Bonchev–Trinajstić information content (AvgIpc) is 3.79. The highest BCUT2D eigenvalue weighted by atomic mass is 16.5. The van der Waals surface area contributed by atoms with Gasteiger partial charge >= 0.3 is 0 Å². The lowest BCUT2D eigenvalue weighted by Crippen LogP contribution is -2.56. The Morgan fingerprint density at radius 2 is 1.74 bits per heavy atom. The Morgan fingerprint density at radius 1 is 0.960 bits per heavy atom. The van der Waals surface area contributed by atoms with Crippen molar-refractivity contribution in [2.75, 3.05) is 53.1 Å². The van der Waals surface area contributed by atoms with Crippen LogP contribution in [0.3, 0.4) is 0 Å². The van der Waals surface area contributed by atoms with E-state index in [0.29, 0.717) is 31.7 Å². The molecule has 0 radical (unpaired) electrons. The van der Waals surface area contributed by atoms with Crippen LogP contribution in [0.2, 0.25) is 0 Å². The highest BCUT2D eigenvalue weighted by molar-refractivity contribution is 5.93. The number of ether oxygens (including phenoxy) is 3. The monoisotopic (exact) mass is 691 g/mol. The van der Waals surface area contributed by atoms with Gasteiger partial charge in [0.15, 0.2) is 6.61 Å². The van der Waals surface area contributed by atoms with Gasteiger partial charge in [-0.15, -0.1) is 0 Å². The van der Waals surface area contributed by atoms with Crippen molar-refractivity contribution in [2.24, 2.45) is 5.92 Å². The number of rotatable bonds is 8. The normalized spacial score (nSPS) is 25.2. The molecular weight excluding hydrogens is 642 g/mol. The van der Waals surface area contributed by atoms with Gasteiger partial charge in [0, 0.05) is 45.7 Å². The molecule has 0 unspecified atom stereocenters. The maximum absolute atomic E-state index is 14.2. The minimum atomic E-state index is -0.979. The lowest BCUT2D eigenvalue weighted by Gasteiger charge is -2.29. The van der Waals surface area contributed by atoms with Gasteiger partial charge in [0.25, 0.3) is 11.8 Å². The number of nitrogens with one attached hydrogen (secondary N) is 3. The van der Waals surface area contributed by atoms with Gasteiger partial charge < -0.3 is 40.0 Å². The summed E-state index contributed by atoms with van der Waals surface area (Å²) < 4.78 is 16.8. The molecule has 0 saturated carbocycles. The highest BCUT2D eigenvalue weighted by Gasteiger charge is 2.41. The van der Waals surface area contributed by atoms with E-state index in [2.05, 4.69) is 16.0 Å². The van der Waals surface area contributed by atoms with Crippen LogP contribution in [0.25, 0.3) is 0 Å². The summed E-state index contributed by atoms with van der Waals surface area (Å²) in [7, 11) is 1.50. The van der Waals surface area contributed by atoms with Crippen LogP contribution in [0.4, 0.5) is 0 Å². The Morgan fingerprint density at radius 3 is 2.46 bits per heavy atom. The third-order valence-electron chi connectivity index (χ3n) is 9.31.